The summed E-state index contributed by atoms with van der Waals surface area (Å²) in [6, 6.07) is 14.2. The van der Waals surface area contributed by atoms with Crippen LogP contribution in [0.4, 0.5) is 15.8 Å². The minimum Gasteiger partial charge on any atom is -0.457 e. The summed E-state index contributed by atoms with van der Waals surface area (Å²) in [5.41, 5.74) is -0.117. The quantitative estimate of drug-likeness (QED) is 0.269. The van der Waals surface area contributed by atoms with Crippen molar-refractivity contribution in [3.8, 4) is 17.4 Å². The predicted octanol–water partition coefficient (Wildman–Crippen LogP) is 5.19. The Hall–Kier alpha value is -3.96. The predicted molar refractivity (Wildman–Crippen MR) is 104 cm³/mol. The average Bonchev–Trinajstić information content (AvgIpc) is 3.16. The molecular formula is C20H11ClFN3O4. The van der Waals surface area contributed by atoms with E-state index in [1.54, 1.807) is 18.2 Å². The molecule has 3 aromatic rings. The molecule has 9 heteroatoms. The maximum absolute atomic E-state index is 13.7. The summed E-state index contributed by atoms with van der Waals surface area (Å²) in [5, 5.41) is 22.5. The van der Waals surface area contributed by atoms with Gasteiger partial charge in [0.1, 0.15) is 29.0 Å². The fourth-order valence-electron chi connectivity index (χ4n) is 2.44. The molecular weight excluding hydrogens is 401 g/mol. The molecule has 0 aliphatic carbocycles. The third kappa shape index (κ3) is 4.48. The minimum atomic E-state index is -0.802. The minimum absolute atomic E-state index is 0.0588. The molecule has 29 heavy (non-hydrogen) atoms. The summed E-state index contributed by atoms with van der Waals surface area (Å²) < 4.78 is 19.2. The number of non-ortho nitro benzene ring substituents is 1. The van der Waals surface area contributed by atoms with Crippen LogP contribution in [0.3, 0.4) is 0 Å². The standard InChI is InChI=1S/C20H11ClFN3O4/c21-16-10-13(25(27)28)5-7-15(16)19-8-6-14(29-19)9-12(11-23)20(26)24-18-4-2-1-3-17(18)22/h1-10H,(H,24,26)/b12-9-. The summed E-state index contributed by atoms with van der Waals surface area (Å²) in [5.74, 6) is -0.965. The summed E-state index contributed by atoms with van der Waals surface area (Å²) in [6.45, 7) is 0. The number of nitrogens with one attached hydrogen (secondary N) is 1. The van der Waals surface area contributed by atoms with E-state index in [1.165, 1.54) is 48.5 Å². The van der Waals surface area contributed by atoms with Gasteiger partial charge in [0.05, 0.1) is 15.6 Å². The molecule has 0 saturated heterocycles. The van der Waals surface area contributed by atoms with Crippen LogP contribution < -0.4 is 5.32 Å². The van der Waals surface area contributed by atoms with Crippen LogP contribution in [0.5, 0.6) is 0 Å². The number of amides is 1. The number of halogens is 2. The highest BCUT2D eigenvalue weighted by molar-refractivity contribution is 6.33. The first-order chi connectivity index (χ1) is 13.9. The third-order valence-corrected chi connectivity index (χ3v) is 4.14. The van der Waals surface area contributed by atoms with E-state index < -0.39 is 16.6 Å². The Labute approximate surface area is 168 Å². The number of para-hydroxylation sites is 1. The second-order valence-electron chi connectivity index (χ2n) is 5.73. The van der Waals surface area contributed by atoms with Crippen LogP contribution in [0.15, 0.2) is 64.6 Å². The number of anilines is 1. The molecule has 0 bridgehead atoms. The van der Waals surface area contributed by atoms with Gasteiger partial charge in [0.2, 0.25) is 0 Å². The maximum atomic E-state index is 13.7. The monoisotopic (exact) mass is 411 g/mol. The van der Waals surface area contributed by atoms with Crippen molar-refractivity contribution in [2.75, 3.05) is 5.32 Å². The number of benzene rings is 2. The number of nitriles is 1. The van der Waals surface area contributed by atoms with Gasteiger partial charge in [0.15, 0.2) is 0 Å². The van der Waals surface area contributed by atoms with Crippen molar-refractivity contribution in [1.82, 2.24) is 0 Å². The van der Waals surface area contributed by atoms with Gasteiger partial charge >= 0.3 is 0 Å². The Morgan fingerprint density at radius 1 is 1.24 bits per heavy atom. The first-order valence-electron chi connectivity index (χ1n) is 8.11. The number of nitrogens with zero attached hydrogens (tertiary/aromatic N) is 2. The normalized spacial score (nSPS) is 11.0. The van der Waals surface area contributed by atoms with E-state index in [0.717, 1.165) is 0 Å². The molecule has 0 aliphatic rings. The largest absolute Gasteiger partial charge is 0.457 e. The Morgan fingerprint density at radius 2 is 2.00 bits per heavy atom. The molecule has 0 atom stereocenters. The van der Waals surface area contributed by atoms with Gasteiger partial charge in [-0.1, -0.05) is 23.7 Å². The fourth-order valence-corrected chi connectivity index (χ4v) is 2.70. The number of rotatable bonds is 5. The number of nitro benzene ring substituents is 1. The van der Waals surface area contributed by atoms with E-state index in [-0.39, 0.29) is 27.7 Å². The smallest absolute Gasteiger partial charge is 0.270 e. The maximum Gasteiger partial charge on any atom is 0.270 e. The first-order valence-corrected chi connectivity index (χ1v) is 8.48. The Morgan fingerprint density at radius 3 is 2.66 bits per heavy atom. The molecule has 0 spiro atoms. The zero-order valence-corrected chi connectivity index (χ0v) is 15.3. The second kappa shape index (κ2) is 8.37. The van der Waals surface area contributed by atoms with Gasteiger partial charge in [0.25, 0.3) is 11.6 Å². The molecule has 3 rings (SSSR count). The Kier molecular flexibility index (Phi) is 5.71. The highest BCUT2D eigenvalue weighted by atomic mass is 35.5. The number of furan rings is 1. The van der Waals surface area contributed by atoms with E-state index in [0.29, 0.717) is 11.3 Å². The van der Waals surface area contributed by atoms with E-state index >= 15 is 0 Å². The molecule has 1 aromatic heterocycles. The van der Waals surface area contributed by atoms with Gasteiger partial charge < -0.3 is 9.73 Å². The summed E-state index contributed by atoms with van der Waals surface area (Å²) in [4.78, 5) is 22.5. The van der Waals surface area contributed by atoms with Crippen molar-refractivity contribution < 1.29 is 18.5 Å². The first kappa shape index (κ1) is 19.8. The van der Waals surface area contributed by atoms with Crippen LogP contribution in [-0.4, -0.2) is 10.8 Å². The zero-order valence-electron chi connectivity index (χ0n) is 14.6. The van der Waals surface area contributed by atoms with Crippen molar-refractivity contribution in [2.45, 2.75) is 0 Å². The number of hydrogen-bond donors (Lipinski definition) is 1. The van der Waals surface area contributed by atoms with Crippen molar-refractivity contribution >= 4 is 35.0 Å². The summed E-state index contributed by atoms with van der Waals surface area (Å²) in [6.07, 6.45) is 1.19. The lowest BCUT2D eigenvalue weighted by atomic mass is 10.1. The number of nitro groups is 1. The Balaban J connectivity index is 1.84. The van der Waals surface area contributed by atoms with Gasteiger partial charge in [-0.2, -0.15) is 5.26 Å². The second-order valence-corrected chi connectivity index (χ2v) is 6.13. The molecule has 0 saturated carbocycles. The number of hydrogen-bond acceptors (Lipinski definition) is 5. The lowest BCUT2D eigenvalue weighted by Gasteiger charge is -2.04. The van der Waals surface area contributed by atoms with Crippen molar-refractivity contribution in [3.05, 3.63) is 86.9 Å². The van der Waals surface area contributed by atoms with Gasteiger partial charge in [0, 0.05) is 23.8 Å². The molecule has 144 valence electrons. The fraction of sp³-hybridized carbons (Fsp3) is 0. The molecule has 0 unspecified atom stereocenters. The molecule has 0 aliphatic heterocycles. The highest BCUT2D eigenvalue weighted by Gasteiger charge is 2.15. The summed E-state index contributed by atoms with van der Waals surface area (Å²) >= 11 is 6.07. The van der Waals surface area contributed by atoms with E-state index in [2.05, 4.69) is 5.32 Å². The molecule has 1 N–H and O–H groups in total. The van der Waals surface area contributed by atoms with Crippen LogP contribution in [0.1, 0.15) is 5.76 Å². The van der Waals surface area contributed by atoms with Crippen LogP contribution >= 0.6 is 11.6 Å². The third-order valence-electron chi connectivity index (χ3n) is 3.83. The molecule has 0 fully saturated rings. The number of carbonyl (C=O) groups excluding carboxylic acids is 1. The average molecular weight is 412 g/mol. The SMILES string of the molecule is N#C/C(=C/c1ccc(-c2ccc([N+](=O)[O-])cc2Cl)o1)C(=O)Nc1ccccc1F. The van der Waals surface area contributed by atoms with Gasteiger partial charge in [-0.05, 0) is 30.3 Å². The van der Waals surface area contributed by atoms with Gasteiger partial charge in [-0.3, -0.25) is 14.9 Å². The lowest BCUT2D eigenvalue weighted by Crippen LogP contribution is -2.14. The van der Waals surface area contributed by atoms with Crippen molar-refractivity contribution in [1.29, 1.82) is 5.26 Å². The molecule has 2 aromatic carbocycles. The van der Waals surface area contributed by atoms with E-state index in [1.807, 2.05) is 0 Å². The van der Waals surface area contributed by atoms with Gasteiger partial charge in [-0.25, -0.2) is 4.39 Å². The topological polar surface area (TPSA) is 109 Å². The molecule has 0 radical (unpaired) electrons. The number of carbonyl (C=O) groups is 1. The van der Waals surface area contributed by atoms with Crippen LogP contribution in [0.25, 0.3) is 17.4 Å². The van der Waals surface area contributed by atoms with Crippen molar-refractivity contribution in [2.24, 2.45) is 0 Å². The van der Waals surface area contributed by atoms with Gasteiger partial charge in [-0.15, -0.1) is 0 Å². The zero-order chi connectivity index (χ0) is 21.0. The molecule has 1 heterocycles. The highest BCUT2D eigenvalue weighted by Crippen LogP contribution is 2.32. The van der Waals surface area contributed by atoms with Crippen molar-refractivity contribution in [3.63, 3.8) is 0 Å². The van der Waals surface area contributed by atoms with Crippen LogP contribution in [0.2, 0.25) is 5.02 Å². The Bertz CT molecular complexity index is 1180. The summed E-state index contributed by atoms with van der Waals surface area (Å²) in [7, 11) is 0. The molecule has 1 amide bonds. The van der Waals surface area contributed by atoms with E-state index in [9.17, 15) is 24.6 Å². The molecule has 7 nitrogen and oxygen atoms in total. The van der Waals surface area contributed by atoms with E-state index in [4.69, 9.17) is 16.0 Å². The van der Waals surface area contributed by atoms with Crippen LogP contribution in [0, 0.1) is 27.3 Å². The van der Waals surface area contributed by atoms with Crippen LogP contribution in [-0.2, 0) is 4.79 Å². The lowest BCUT2D eigenvalue weighted by molar-refractivity contribution is -0.384.